The van der Waals surface area contributed by atoms with Crippen molar-refractivity contribution < 1.29 is 14.4 Å². The predicted molar refractivity (Wildman–Crippen MR) is 82.6 cm³/mol. The van der Waals surface area contributed by atoms with Crippen LogP contribution in [0.1, 0.15) is 12.8 Å². The molecule has 0 fully saturated rings. The second kappa shape index (κ2) is 8.19. The van der Waals surface area contributed by atoms with Gasteiger partial charge in [-0.1, -0.05) is 11.6 Å². The topological polar surface area (TPSA) is 74.5 Å². The Morgan fingerprint density at radius 2 is 1.77 bits per heavy atom. The average Bonchev–Trinajstić information content (AvgIpc) is 2.52. The highest BCUT2D eigenvalue weighted by Gasteiger charge is 2.14. The molecular weight excluding hydrogens is 308 g/mol. The highest BCUT2D eigenvalue weighted by atomic mass is 35.5. The molecule has 0 aliphatic carbocycles. The third-order valence-electron chi connectivity index (χ3n) is 2.80. The third kappa shape index (κ3) is 4.89. The van der Waals surface area contributed by atoms with Gasteiger partial charge in [0.15, 0.2) is 0 Å². The molecule has 0 unspecified atom stereocenters. The van der Waals surface area contributed by atoms with Crippen LogP contribution in [-0.2, 0) is 0 Å². The summed E-state index contributed by atoms with van der Waals surface area (Å²) in [5.41, 5.74) is 0. The summed E-state index contributed by atoms with van der Waals surface area (Å²) in [5.74, 6) is 0.680. The first-order valence-electron chi connectivity index (χ1n) is 6.77. The molecule has 7 heteroatoms. The average molecular weight is 323 g/mol. The molecule has 1 heterocycles. The van der Waals surface area contributed by atoms with E-state index >= 15 is 0 Å². The first-order valence-corrected chi connectivity index (χ1v) is 7.15. The van der Waals surface area contributed by atoms with Gasteiger partial charge in [-0.15, -0.1) is 0 Å². The van der Waals surface area contributed by atoms with Crippen molar-refractivity contribution in [2.75, 3.05) is 13.2 Å². The van der Waals surface area contributed by atoms with Gasteiger partial charge in [-0.3, -0.25) is 0 Å². The molecule has 2 aromatic rings. The molecule has 0 amide bonds. The van der Waals surface area contributed by atoms with Gasteiger partial charge in [0.25, 0.3) is 0 Å². The standard InChI is InChI=1S/C15H15ClN2O4/c16-12-5-7-13(8-6-12)21-10-1-2-11-22-14-4-3-9-17-15(14)18(19)20/h3-9H,1-2,10-11H2. The Bertz CT molecular complexity index is 619. The van der Waals surface area contributed by atoms with E-state index in [9.17, 15) is 10.1 Å². The molecule has 6 nitrogen and oxygen atoms in total. The second-order valence-electron chi connectivity index (χ2n) is 4.44. The minimum Gasteiger partial charge on any atom is -0.494 e. The van der Waals surface area contributed by atoms with Gasteiger partial charge < -0.3 is 19.6 Å². The molecule has 0 bridgehead atoms. The van der Waals surface area contributed by atoms with Crippen LogP contribution in [-0.4, -0.2) is 23.1 Å². The number of unbranched alkanes of at least 4 members (excludes halogenated alkanes) is 1. The molecule has 0 radical (unpaired) electrons. The van der Waals surface area contributed by atoms with E-state index in [1.807, 2.05) is 0 Å². The van der Waals surface area contributed by atoms with Crippen LogP contribution in [0, 0.1) is 10.1 Å². The van der Waals surface area contributed by atoms with Crippen molar-refractivity contribution in [1.29, 1.82) is 0 Å². The van der Waals surface area contributed by atoms with Crippen LogP contribution in [0.3, 0.4) is 0 Å². The Labute approximate surface area is 132 Å². The Morgan fingerprint density at radius 3 is 2.45 bits per heavy atom. The number of halogens is 1. The molecule has 0 saturated carbocycles. The molecule has 22 heavy (non-hydrogen) atoms. The van der Waals surface area contributed by atoms with Gasteiger partial charge in [-0.25, -0.2) is 0 Å². The summed E-state index contributed by atoms with van der Waals surface area (Å²) in [6.07, 6.45) is 2.86. The van der Waals surface area contributed by atoms with Gasteiger partial charge in [-0.05, 0) is 59.1 Å². The lowest BCUT2D eigenvalue weighted by Gasteiger charge is -2.07. The summed E-state index contributed by atoms with van der Waals surface area (Å²) in [4.78, 5) is 13.9. The van der Waals surface area contributed by atoms with E-state index in [4.69, 9.17) is 21.1 Å². The maximum atomic E-state index is 10.8. The summed E-state index contributed by atoms with van der Waals surface area (Å²) in [6, 6.07) is 10.3. The maximum Gasteiger partial charge on any atom is 0.406 e. The molecule has 1 aromatic heterocycles. The van der Waals surface area contributed by atoms with Crippen molar-refractivity contribution in [2.24, 2.45) is 0 Å². The highest BCUT2D eigenvalue weighted by Crippen LogP contribution is 2.23. The third-order valence-corrected chi connectivity index (χ3v) is 3.05. The molecule has 2 rings (SSSR count). The summed E-state index contributed by atoms with van der Waals surface area (Å²) >= 11 is 5.78. The van der Waals surface area contributed by atoms with Crippen LogP contribution in [0.4, 0.5) is 5.82 Å². The lowest BCUT2D eigenvalue weighted by molar-refractivity contribution is -0.390. The van der Waals surface area contributed by atoms with Crippen LogP contribution >= 0.6 is 11.6 Å². The summed E-state index contributed by atoms with van der Waals surface area (Å²) in [5, 5.41) is 11.4. The van der Waals surface area contributed by atoms with Gasteiger partial charge in [0.05, 0.1) is 13.2 Å². The monoisotopic (exact) mass is 322 g/mol. The molecule has 0 N–H and O–H groups in total. The van der Waals surface area contributed by atoms with E-state index in [1.54, 1.807) is 30.3 Å². The van der Waals surface area contributed by atoms with Gasteiger partial charge in [-0.2, -0.15) is 0 Å². The molecule has 116 valence electrons. The Hall–Kier alpha value is -2.34. The van der Waals surface area contributed by atoms with E-state index in [2.05, 4.69) is 4.98 Å². The quantitative estimate of drug-likeness (QED) is 0.419. The molecule has 0 aliphatic rings. The molecular formula is C15H15ClN2O4. The van der Waals surface area contributed by atoms with Gasteiger partial charge in [0.1, 0.15) is 11.9 Å². The summed E-state index contributed by atoms with van der Waals surface area (Å²) < 4.78 is 10.9. The number of nitro groups is 1. The zero-order chi connectivity index (χ0) is 15.8. The number of aromatic nitrogens is 1. The van der Waals surface area contributed by atoms with E-state index < -0.39 is 4.92 Å². The Morgan fingerprint density at radius 1 is 1.09 bits per heavy atom. The lowest BCUT2D eigenvalue weighted by atomic mass is 10.3. The molecule has 0 saturated heterocycles. The largest absolute Gasteiger partial charge is 0.494 e. The van der Waals surface area contributed by atoms with E-state index in [-0.39, 0.29) is 11.6 Å². The first kappa shape index (κ1) is 16.0. The molecule has 0 spiro atoms. The van der Waals surface area contributed by atoms with Gasteiger partial charge >= 0.3 is 5.82 Å². The normalized spacial score (nSPS) is 10.2. The number of pyridine rings is 1. The summed E-state index contributed by atoms with van der Waals surface area (Å²) in [7, 11) is 0. The number of hydrogen-bond acceptors (Lipinski definition) is 5. The Balaban J connectivity index is 1.67. The Kier molecular flexibility index (Phi) is 5.97. The van der Waals surface area contributed by atoms with Crippen LogP contribution in [0.5, 0.6) is 11.5 Å². The minimum absolute atomic E-state index is 0.186. The summed E-state index contributed by atoms with van der Waals surface area (Å²) in [6.45, 7) is 0.913. The van der Waals surface area contributed by atoms with E-state index in [0.29, 0.717) is 18.2 Å². The fourth-order valence-corrected chi connectivity index (χ4v) is 1.87. The van der Waals surface area contributed by atoms with Crippen molar-refractivity contribution >= 4 is 17.4 Å². The van der Waals surface area contributed by atoms with Gasteiger partial charge in [0, 0.05) is 5.02 Å². The number of ether oxygens (including phenoxy) is 2. The smallest absolute Gasteiger partial charge is 0.406 e. The van der Waals surface area contributed by atoms with Crippen molar-refractivity contribution in [3.8, 4) is 11.5 Å². The van der Waals surface area contributed by atoms with Crippen molar-refractivity contribution in [3.63, 3.8) is 0 Å². The minimum atomic E-state index is -0.557. The maximum absolute atomic E-state index is 10.8. The number of nitrogens with zero attached hydrogens (tertiary/aromatic N) is 2. The number of benzene rings is 1. The van der Waals surface area contributed by atoms with E-state index in [0.717, 1.165) is 18.6 Å². The number of rotatable bonds is 8. The highest BCUT2D eigenvalue weighted by molar-refractivity contribution is 6.30. The second-order valence-corrected chi connectivity index (χ2v) is 4.88. The fraction of sp³-hybridized carbons (Fsp3) is 0.267. The first-order chi connectivity index (χ1) is 10.7. The van der Waals surface area contributed by atoms with Crippen LogP contribution in [0.15, 0.2) is 42.6 Å². The van der Waals surface area contributed by atoms with Crippen molar-refractivity contribution in [2.45, 2.75) is 12.8 Å². The molecule has 0 atom stereocenters. The predicted octanol–water partition coefficient (Wildman–Crippen LogP) is 3.88. The number of hydrogen-bond donors (Lipinski definition) is 0. The van der Waals surface area contributed by atoms with E-state index in [1.165, 1.54) is 12.3 Å². The van der Waals surface area contributed by atoms with Crippen LogP contribution in [0.2, 0.25) is 5.02 Å². The van der Waals surface area contributed by atoms with Crippen LogP contribution in [0.25, 0.3) is 0 Å². The molecule has 0 aliphatic heterocycles. The lowest BCUT2D eigenvalue weighted by Crippen LogP contribution is -2.04. The zero-order valence-electron chi connectivity index (χ0n) is 11.8. The van der Waals surface area contributed by atoms with Crippen molar-refractivity contribution in [3.05, 3.63) is 57.7 Å². The fourth-order valence-electron chi connectivity index (χ4n) is 1.74. The van der Waals surface area contributed by atoms with Gasteiger partial charge in [0.2, 0.25) is 5.75 Å². The van der Waals surface area contributed by atoms with Crippen molar-refractivity contribution in [1.82, 2.24) is 4.98 Å². The molecule has 1 aromatic carbocycles. The SMILES string of the molecule is O=[N+]([O-])c1ncccc1OCCCCOc1ccc(Cl)cc1. The zero-order valence-corrected chi connectivity index (χ0v) is 12.5. The van der Waals surface area contributed by atoms with Crippen LogP contribution < -0.4 is 9.47 Å².